The molecule has 0 saturated carbocycles. The van der Waals surface area contributed by atoms with E-state index < -0.39 is 0 Å². The topological polar surface area (TPSA) is 67.3 Å². The quantitative estimate of drug-likeness (QED) is 0.747. The number of nitrogens with two attached hydrogens (primary N) is 1. The van der Waals surface area contributed by atoms with Crippen LogP contribution in [0.3, 0.4) is 0 Å². The van der Waals surface area contributed by atoms with Crippen molar-refractivity contribution < 1.29 is 5.11 Å². The predicted octanol–water partition coefficient (Wildman–Crippen LogP) is 0.875. The largest absolute Gasteiger partial charge is 0.396 e. The fraction of sp³-hybridized carbons (Fsp3) is 0.750. The highest BCUT2D eigenvalue weighted by Crippen LogP contribution is 2.22. The molecule has 2 heterocycles. The van der Waals surface area contributed by atoms with Crippen LogP contribution in [-0.4, -0.2) is 46.0 Å². The van der Waals surface area contributed by atoms with Gasteiger partial charge in [0.2, 0.25) is 0 Å². The van der Waals surface area contributed by atoms with Gasteiger partial charge in [0.15, 0.2) is 0 Å². The summed E-state index contributed by atoms with van der Waals surface area (Å²) in [7, 11) is 0. The second-order valence-corrected chi connectivity index (χ2v) is 4.72. The molecule has 0 atom stereocenters. The number of hydrogen-bond donors (Lipinski definition) is 2. The Balaban J connectivity index is 1.74. The summed E-state index contributed by atoms with van der Waals surface area (Å²) < 4.78 is 2.00. The molecule has 2 rings (SSSR count). The second kappa shape index (κ2) is 6.02. The lowest BCUT2D eigenvalue weighted by atomic mass is 10.1. The first-order chi connectivity index (χ1) is 8.29. The van der Waals surface area contributed by atoms with Gasteiger partial charge in [0.25, 0.3) is 0 Å². The lowest BCUT2D eigenvalue weighted by Crippen LogP contribution is -2.35. The van der Waals surface area contributed by atoms with Crippen LogP contribution in [0, 0.1) is 0 Å². The molecule has 1 aliphatic rings. The van der Waals surface area contributed by atoms with Gasteiger partial charge in [-0.2, -0.15) is 5.10 Å². The standard InChI is InChI=1S/C12H22N4O/c13-12-5-9-16(14-12)11-3-7-15(8-4-11)6-1-2-10-17/h5,9,11,17H,1-4,6-8,10H2,(H2,13,14). The first kappa shape index (κ1) is 12.4. The van der Waals surface area contributed by atoms with Gasteiger partial charge in [-0.15, -0.1) is 0 Å². The first-order valence-electron chi connectivity index (χ1n) is 6.43. The van der Waals surface area contributed by atoms with E-state index in [0.717, 1.165) is 45.3 Å². The highest BCUT2D eigenvalue weighted by atomic mass is 16.2. The van der Waals surface area contributed by atoms with Crippen LogP contribution >= 0.6 is 0 Å². The lowest BCUT2D eigenvalue weighted by Gasteiger charge is -2.31. The molecule has 0 aromatic carbocycles. The van der Waals surface area contributed by atoms with Gasteiger partial charge in [0.1, 0.15) is 5.82 Å². The van der Waals surface area contributed by atoms with Crippen LogP contribution < -0.4 is 5.73 Å². The van der Waals surface area contributed by atoms with Crippen molar-refractivity contribution in [3.63, 3.8) is 0 Å². The minimum atomic E-state index is 0.309. The summed E-state index contributed by atoms with van der Waals surface area (Å²) in [6.45, 7) is 3.66. The zero-order valence-electron chi connectivity index (χ0n) is 10.3. The minimum absolute atomic E-state index is 0.309. The maximum Gasteiger partial charge on any atom is 0.145 e. The summed E-state index contributed by atoms with van der Waals surface area (Å²) >= 11 is 0. The fourth-order valence-corrected chi connectivity index (χ4v) is 2.41. The van der Waals surface area contributed by atoms with E-state index in [1.807, 2.05) is 16.9 Å². The Hall–Kier alpha value is -1.07. The molecule has 0 unspecified atom stereocenters. The summed E-state index contributed by atoms with van der Waals surface area (Å²) in [5.41, 5.74) is 5.63. The van der Waals surface area contributed by atoms with E-state index in [1.54, 1.807) is 0 Å². The third kappa shape index (κ3) is 3.44. The van der Waals surface area contributed by atoms with Crippen LogP contribution in [-0.2, 0) is 0 Å². The predicted molar refractivity (Wildman–Crippen MR) is 67.7 cm³/mol. The zero-order valence-corrected chi connectivity index (χ0v) is 10.3. The molecule has 5 nitrogen and oxygen atoms in total. The monoisotopic (exact) mass is 238 g/mol. The van der Waals surface area contributed by atoms with Gasteiger partial charge in [-0.05, 0) is 38.3 Å². The third-order valence-electron chi connectivity index (χ3n) is 3.44. The Morgan fingerprint density at radius 3 is 2.71 bits per heavy atom. The Kier molecular flexibility index (Phi) is 4.39. The number of nitrogens with zero attached hydrogens (tertiary/aromatic N) is 3. The molecule has 0 spiro atoms. The molecule has 5 heteroatoms. The summed E-state index contributed by atoms with van der Waals surface area (Å²) in [6.07, 6.45) is 6.26. The molecular formula is C12H22N4O. The number of rotatable bonds is 5. The lowest BCUT2D eigenvalue weighted by molar-refractivity contribution is 0.172. The third-order valence-corrected chi connectivity index (χ3v) is 3.44. The van der Waals surface area contributed by atoms with E-state index in [-0.39, 0.29) is 0 Å². The van der Waals surface area contributed by atoms with Gasteiger partial charge < -0.3 is 15.7 Å². The Labute approximate surface area is 102 Å². The molecule has 0 bridgehead atoms. The molecule has 1 aromatic rings. The van der Waals surface area contributed by atoms with Crippen molar-refractivity contribution in [3.05, 3.63) is 12.3 Å². The number of hydrogen-bond acceptors (Lipinski definition) is 4. The molecule has 1 aliphatic heterocycles. The molecule has 3 N–H and O–H groups in total. The highest BCUT2D eigenvalue weighted by Gasteiger charge is 2.20. The van der Waals surface area contributed by atoms with Crippen molar-refractivity contribution in [2.24, 2.45) is 0 Å². The number of aliphatic hydroxyl groups is 1. The average Bonchev–Trinajstić information content (AvgIpc) is 2.77. The van der Waals surface area contributed by atoms with Gasteiger partial charge in [-0.25, -0.2) is 0 Å². The first-order valence-corrected chi connectivity index (χ1v) is 6.43. The van der Waals surface area contributed by atoms with E-state index in [9.17, 15) is 0 Å². The fourth-order valence-electron chi connectivity index (χ4n) is 2.41. The van der Waals surface area contributed by atoms with Gasteiger partial charge in [0, 0.05) is 25.9 Å². The van der Waals surface area contributed by atoms with E-state index in [1.165, 1.54) is 0 Å². The van der Waals surface area contributed by atoms with Crippen molar-refractivity contribution in [2.45, 2.75) is 31.7 Å². The number of aliphatic hydroxyl groups excluding tert-OH is 1. The van der Waals surface area contributed by atoms with Crippen molar-refractivity contribution >= 4 is 5.82 Å². The minimum Gasteiger partial charge on any atom is -0.396 e. The number of nitrogen functional groups attached to an aromatic ring is 1. The van der Waals surface area contributed by atoms with Gasteiger partial charge in [-0.1, -0.05) is 0 Å². The smallest absolute Gasteiger partial charge is 0.145 e. The molecule has 1 aromatic heterocycles. The summed E-state index contributed by atoms with van der Waals surface area (Å²) in [6, 6.07) is 2.36. The molecule has 1 saturated heterocycles. The van der Waals surface area contributed by atoms with Crippen molar-refractivity contribution in [3.8, 4) is 0 Å². The van der Waals surface area contributed by atoms with E-state index in [2.05, 4.69) is 10.00 Å². The van der Waals surface area contributed by atoms with Crippen LogP contribution in [0.4, 0.5) is 5.82 Å². The van der Waals surface area contributed by atoms with E-state index in [4.69, 9.17) is 10.8 Å². The number of likely N-dealkylation sites (tertiary alicyclic amines) is 1. The molecule has 0 radical (unpaired) electrons. The number of aromatic nitrogens is 2. The number of unbranched alkanes of at least 4 members (excludes halogenated alkanes) is 1. The van der Waals surface area contributed by atoms with Crippen LogP contribution in [0.1, 0.15) is 31.7 Å². The number of piperidine rings is 1. The van der Waals surface area contributed by atoms with Crippen LogP contribution in [0.25, 0.3) is 0 Å². The van der Waals surface area contributed by atoms with E-state index >= 15 is 0 Å². The summed E-state index contributed by atoms with van der Waals surface area (Å²) in [5.74, 6) is 0.607. The second-order valence-electron chi connectivity index (χ2n) is 4.72. The molecule has 0 amide bonds. The van der Waals surface area contributed by atoms with Crippen LogP contribution in [0.2, 0.25) is 0 Å². The van der Waals surface area contributed by atoms with E-state index in [0.29, 0.717) is 18.5 Å². The van der Waals surface area contributed by atoms with Crippen molar-refractivity contribution in [1.29, 1.82) is 0 Å². The molecule has 0 aliphatic carbocycles. The van der Waals surface area contributed by atoms with Crippen LogP contribution in [0.5, 0.6) is 0 Å². The number of anilines is 1. The summed E-state index contributed by atoms with van der Waals surface area (Å²) in [4.78, 5) is 2.47. The molecule has 96 valence electrons. The average molecular weight is 238 g/mol. The maximum atomic E-state index is 8.75. The van der Waals surface area contributed by atoms with Crippen LogP contribution in [0.15, 0.2) is 12.3 Å². The maximum absolute atomic E-state index is 8.75. The summed E-state index contributed by atoms with van der Waals surface area (Å²) in [5, 5.41) is 13.0. The zero-order chi connectivity index (χ0) is 12.1. The normalized spacial score (nSPS) is 18.6. The molecule has 17 heavy (non-hydrogen) atoms. The SMILES string of the molecule is Nc1ccn(C2CCN(CCCCO)CC2)n1. The van der Waals surface area contributed by atoms with Crippen molar-refractivity contribution in [1.82, 2.24) is 14.7 Å². The molecule has 1 fully saturated rings. The van der Waals surface area contributed by atoms with Gasteiger partial charge >= 0.3 is 0 Å². The Bertz CT molecular complexity index is 331. The highest BCUT2D eigenvalue weighted by molar-refractivity contribution is 5.24. The molecular weight excluding hydrogens is 216 g/mol. The Morgan fingerprint density at radius 2 is 2.12 bits per heavy atom. The van der Waals surface area contributed by atoms with Crippen molar-refractivity contribution in [2.75, 3.05) is 32.0 Å². The Morgan fingerprint density at radius 1 is 1.35 bits per heavy atom. The van der Waals surface area contributed by atoms with Gasteiger partial charge in [-0.3, -0.25) is 4.68 Å². The van der Waals surface area contributed by atoms with Gasteiger partial charge in [0.05, 0.1) is 6.04 Å².